The van der Waals surface area contributed by atoms with E-state index >= 15 is 4.39 Å². The third kappa shape index (κ3) is 7.05. The maximum atomic E-state index is 15.9. The second-order valence-electron chi connectivity index (χ2n) is 10.0. The van der Waals surface area contributed by atoms with Crippen molar-refractivity contribution < 1.29 is 42.1 Å². The fourth-order valence-electron chi connectivity index (χ4n) is 4.20. The normalized spacial score (nSPS) is 24.2. The summed E-state index contributed by atoms with van der Waals surface area (Å²) in [5.41, 5.74) is 4.04. The number of para-hydroxylation sites is 1. The monoisotopic (exact) mass is 608 g/mol. The van der Waals surface area contributed by atoms with Gasteiger partial charge in [0.15, 0.2) is 11.9 Å². The molecule has 3 aromatic rings. The van der Waals surface area contributed by atoms with Crippen LogP contribution in [0.3, 0.4) is 0 Å². The highest BCUT2D eigenvalue weighted by Gasteiger charge is 2.55. The van der Waals surface area contributed by atoms with Crippen molar-refractivity contribution in [1.29, 1.82) is 0 Å². The number of nitrogens with zero attached hydrogens (tertiary/aromatic N) is 4. The van der Waals surface area contributed by atoms with Crippen LogP contribution in [0.4, 0.5) is 10.3 Å². The molecule has 0 radical (unpaired) electrons. The zero-order valence-corrected chi connectivity index (χ0v) is 24.6. The Kier molecular flexibility index (Phi) is 9.48. The molecule has 1 aliphatic heterocycles. The number of ether oxygens (including phenoxy) is 3. The van der Waals surface area contributed by atoms with Gasteiger partial charge in [0.05, 0.1) is 37.4 Å². The topological polar surface area (TPSA) is 182 Å². The number of nitrogens with two attached hydrogens (primary N) is 1. The number of rotatable bonds is 12. The largest absolute Gasteiger partial charge is 0.480 e. The molecular formula is C26H34FN6O8P. The first-order valence-electron chi connectivity index (χ1n) is 13.0. The number of methoxy groups -OCH3 is 1. The average molecular weight is 609 g/mol. The lowest BCUT2D eigenvalue weighted by molar-refractivity contribution is -0.149. The number of hydrogen-bond acceptors (Lipinski definition) is 12. The number of esters is 1. The summed E-state index contributed by atoms with van der Waals surface area (Å²) in [4.78, 5) is 24.6. The molecule has 4 N–H and O–H groups in total. The Morgan fingerprint density at radius 2 is 2.00 bits per heavy atom. The maximum Gasteiger partial charge on any atom is 0.459 e. The summed E-state index contributed by atoms with van der Waals surface area (Å²) in [5, 5.41) is 13.4. The van der Waals surface area contributed by atoms with Crippen LogP contribution in [0.2, 0.25) is 0 Å². The maximum absolute atomic E-state index is 15.9. The van der Waals surface area contributed by atoms with Gasteiger partial charge in [-0.05, 0) is 39.8 Å². The van der Waals surface area contributed by atoms with E-state index in [2.05, 4.69) is 20.0 Å². The Labute approximate surface area is 241 Å². The first kappa shape index (κ1) is 31.3. The fourth-order valence-corrected chi connectivity index (χ4v) is 5.70. The van der Waals surface area contributed by atoms with Gasteiger partial charge in [-0.2, -0.15) is 10.1 Å². The quantitative estimate of drug-likeness (QED) is 0.202. The van der Waals surface area contributed by atoms with Crippen LogP contribution in [-0.4, -0.2) is 74.3 Å². The average Bonchev–Trinajstić information content (AvgIpc) is 3.50. The Morgan fingerprint density at radius 3 is 2.67 bits per heavy atom. The van der Waals surface area contributed by atoms with Crippen molar-refractivity contribution in [2.24, 2.45) is 0 Å². The van der Waals surface area contributed by atoms with Crippen LogP contribution in [-0.2, 0) is 23.4 Å². The van der Waals surface area contributed by atoms with Crippen LogP contribution in [0.15, 0.2) is 49.1 Å². The molecule has 2 aromatic heterocycles. The molecule has 1 saturated heterocycles. The number of aliphatic hydroxyl groups excluding tert-OH is 1. The van der Waals surface area contributed by atoms with Crippen LogP contribution in [0.5, 0.6) is 11.6 Å². The molecule has 0 amide bonds. The van der Waals surface area contributed by atoms with E-state index in [-0.39, 0.29) is 17.6 Å². The Bertz CT molecular complexity index is 1420. The van der Waals surface area contributed by atoms with Gasteiger partial charge in [-0.15, -0.1) is 0 Å². The number of hydrogen-bond donors (Lipinski definition) is 3. The molecular weight excluding hydrogens is 574 g/mol. The van der Waals surface area contributed by atoms with E-state index in [1.807, 2.05) is 0 Å². The number of nitrogen functional groups attached to an aromatic ring is 1. The molecule has 6 atom stereocenters. The zero-order valence-electron chi connectivity index (χ0n) is 23.7. The molecule has 0 spiro atoms. The van der Waals surface area contributed by atoms with Gasteiger partial charge in [-0.1, -0.05) is 18.2 Å². The number of aromatic nitrogens is 4. The first-order chi connectivity index (χ1) is 19.8. The van der Waals surface area contributed by atoms with Crippen molar-refractivity contribution in [3.8, 4) is 22.9 Å². The Morgan fingerprint density at radius 1 is 1.29 bits per heavy atom. The molecule has 1 aromatic carbocycles. The first-order valence-corrected chi connectivity index (χ1v) is 14.6. The van der Waals surface area contributed by atoms with Crippen LogP contribution in [0.1, 0.15) is 33.9 Å². The van der Waals surface area contributed by atoms with Gasteiger partial charge in [0.25, 0.3) is 0 Å². The molecule has 1 unspecified atom stereocenters. The van der Waals surface area contributed by atoms with E-state index in [1.54, 1.807) is 44.2 Å². The summed E-state index contributed by atoms with van der Waals surface area (Å²) < 4.78 is 58.4. The summed E-state index contributed by atoms with van der Waals surface area (Å²) in [6.07, 6.45) is -0.520. The predicted octanol–water partition coefficient (Wildman–Crippen LogP) is 3.05. The number of imidazole rings is 1. The third-order valence-electron chi connectivity index (χ3n) is 6.27. The number of carbonyl (C=O) groups is 1. The molecule has 1 aliphatic rings. The van der Waals surface area contributed by atoms with Crippen LogP contribution >= 0.6 is 7.75 Å². The molecule has 0 aliphatic carbocycles. The second kappa shape index (κ2) is 12.7. The van der Waals surface area contributed by atoms with Crippen LogP contribution < -0.4 is 20.1 Å². The lowest BCUT2D eigenvalue weighted by Crippen LogP contribution is -2.41. The zero-order chi connectivity index (χ0) is 30.7. The van der Waals surface area contributed by atoms with E-state index in [1.165, 1.54) is 37.3 Å². The van der Waals surface area contributed by atoms with Crippen molar-refractivity contribution in [1.82, 2.24) is 24.6 Å². The molecule has 42 heavy (non-hydrogen) atoms. The smallest absolute Gasteiger partial charge is 0.459 e. The molecule has 228 valence electrons. The molecule has 0 saturated carbocycles. The van der Waals surface area contributed by atoms with Crippen molar-refractivity contribution in [2.45, 2.75) is 63.9 Å². The summed E-state index contributed by atoms with van der Waals surface area (Å²) in [5.74, 6) is -0.321. The van der Waals surface area contributed by atoms with Gasteiger partial charge < -0.3 is 34.1 Å². The van der Waals surface area contributed by atoms with E-state index in [0.717, 1.165) is 6.92 Å². The third-order valence-corrected chi connectivity index (χ3v) is 7.91. The number of alkyl halides is 1. The highest BCUT2D eigenvalue weighted by atomic mass is 31.2. The number of carbonyl (C=O) groups excluding carboxylic acids is 1. The van der Waals surface area contributed by atoms with Gasteiger partial charge in [0, 0.05) is 12.4 Å². The molecule has 3 heterocycles. The standard InChI is InChI=1S/C26H34FN6O8P/c1-15(2)39-23(35)16(3)32-42(36,41-17-9-7-6-8-10-17)38-13-20-21(34)26(4,27)24(40-20)33-12-19(30-14-33)18-11-29-25(28)31-22(18)37-5/h6-12,14-16,20-21,24,34H,13H2,1-5H3,(H,32,36)(H2,28,29,31)/t16-,20+,21-,24+,26?,42-/m0/s1. The van der Waals surface area contributed by atoms with E-state index in [9.17, 15) is 14.5 Å². The predicted molar refractivity (Wildman–Crippen MR) is 148 cm³/mol. The molecule has 4 rings (SSSR count). The number of halogens is 1. The number of benzene rings is 1. The van der Waals surface area contributed by atoms with Crippen molar-refractivity contribution in [2.75, 3.05) is 19.5 Å². The molecule has 14 nitrogen and oxygen atoms in total. The Hall–Kier alpha value is -3.62. The highest BCUT2D eigenvalue weighted by molar-refractivity contribution is 7.52. The minimum Gasteiger partial charge on any atom is -0.480 e. The molecule has 16 heteroatoms. The molecule has 1 fully saturated rings. The number of nitrogens with one attached hydrogen (secondary N) is 1. The SMILES string of the molecule is COc1nc(N)ncc1-c1cn([C@@H]2O[C@H](CO[P@@](=O)(N[C@@H](C)C(=O)OC(C)C)Oc3ccccc3)[C@H](O)C2(C)F)cn1. The van der Waals surface area contributed by atoms with Gasteiger partial charge in [-0.3, -0.25) is 9.32 Å². The van der Waals surface area contributed by atoms with Gasteiger partial charge in [0.2, 0.25) is 11.8 Å². The number of aliphatic hydroxyl groups is 1. The Balaban J connectivity index is 1.52. The van der Waals surface area contributed by atoms with Crippen molar-refractivity contribution in [3.05, 3.63) is 49.1 Å². The lowest BCUT2D eigenvalue weighted by atomic mass is 9.99. The van der Waals surface area contributed by atoms with Gasteiger partial charge in [-0.25, -0.2) is 18.9 Å². The van der Waals surface area contributed by atoms with E-state index in [4.69, 9.17) is 29.0 Å². The minimum atomic E-state index is -4.28. The van der Waals surface area contributed by atoms with Gasteiger partial charge >= 0.3 is 13.7 Å². The fraction of sp³-hybridized carbons (Fsp3) is 0.462. The second-order valence-corrected chi connectivity index (χ2v) is 11.7. The van der Waals surface area contributed by atoms with E-state index < -0.39 is 56.6 Å². The summed E-state index contributed by atoms with van der Waals surface area (Å²) in [7, 11) is -2.87. The van der Waals surface area contributed by atoms with Gasteiger partial charge in [0.1, 0.15) is 24.0 Å². The summed E-state index contributed by atoms with van der Waals surface area (Å²) in [6.45, 7) is 5.39. The summed E-state index contributed by atoms with van der Waals surface area (Å²) in [6, 6.07) is 7.05. The summed E-state index contributed by atoms with van der Waals surface area (Å²) >= 11 is 0. The van der Waals surface area contributed by atoms with Crippen molar-refractivity contribution >= 4 is 19.7 Å². The van der Waals surface area contributed by atoms with E-state index in [0.29, 0.717) is 11.3 Å². The highest BCUT2D eigenvalue weighted by Crippen LogP contribution is 2.48. The minimum absolute atomic E-state index is 0.00527. The number of anilines is 1. The van der Waals surface area contributed by atoms with Crippen LogP contribution in [0, 0.1) is 0 Å². The molecule has 0 bridgehead atoms. The van der Waals surface area contributed by atoms with Crippen molar-refractivity contribution in [3.63, 3.8) is 0 Å². The van der Waals surface area contributed by atoms with Crippen LogP contribution in [0.25, 0.3) is 11.3 Å². The lowest BCUT2D eigenvalue weighted by Gasteiger charge is -2.25.